The summed E-state index contributed by atoms with van der Waals surface area (Å²) >= 11 is 0. The minimum atomic E-state index is 0.750. The number of isocyanates is 12. The highest BCUT2D eigenvalue weighted by atomic mass is 16.1. The van der Waals surface area contributed by atoms with Crippen LogP contribution in [-0.4, -0.2) is 73.0 Å². The molecule has 0 rings (SSSR count). The van der Waals surface area contributed by atoms with Gasteiger partial charge in [-0.3, -0.25) is 0 Å². The lowest BCUT2D eigenvalue weighted by atomic mass is 11.7. The number of carbonyl (C=O) groups excluding carboxylic acids is 12. The highest BCUT2D eigenvalue weighted by Gasteiger charge is 1.06. The molecular formula is C12H12N12O12. The van der Waals surface area contributed by atoms with Crippen LogP contribution in [-0.2, 0) is 57.5 Å². The van der Waals surface area contributed by atoms with Crippen LogP contribution in [0.5, 0.6) is 0 Å². The van der Waals surface area contributed by atoms with Gasteiger partial charge in [0.1, 0.15) is 0 Å². The fourth-order valence-electron chi connectivity index (χ4n) is 0. The maximum atomic E-state index is 8.35. The predicted octanol–water partition coefficient (Wildman–Crippen LogP) is -1.19. The Balaban J connectivity index is -0.0000000175. The summed E-state index contributed by atoms with van der Waals surface area (Å²) in [6, 6.07) is 0. The van der Waals surface area contributed by atoms with Crippen molar-refractivity contribution in [2.24, 2.45) is 0 Å². The number of rotatable bonds is 0. The van der Waals surface area contributed by atoms with Gasteiger partial charge in [-0.05, 0) is 0 Å². The first-order valence-electron chi connectivity index (χ1n) is 5.45. The van der Waals surface area contributed by atoms with E-state index in [0.717, 1.165) is 73.0 Å². The molecule has 0 fully saturated rings. The summed E-state index contributed by atoms with van der Waals surface area (Å²) in [5.74, 6) is 0. The van der Waals surface area contributed by atoms with Crippen molar-refractivity contribution in [3.8, 4) is 0 Å². The van der Waals surface area contributed by atoms with Crippen LogP contribution in [0, 0.1) is 64.9 Å². The lowest BCUT2D eigenvalue weighted by molar-refractivity contribution is 0.562. The van der Waals surface area contributed by atoms with Crippen molar-refractivity contribution in [3.05, 3.63) is 0 Å². The second-order valence-corrected chi connectivity index (χ2v) is 1.22. The molecule has 0 saturated carbocycles. The van der Waals surface area contributed by atoms with E-state index in [2.05, 4.69) is 0 Å². The average Bonchev–Trinajstić information content (AvgIpc) is 2.75. The summed E-state index contributed by atoms with van der Waals surface area (Å²) in [6.45, 7) is 0. The van der Waals surface area contributed by atoms with Gasteiger partial charge in [0.2, 0.25) is 73.0 Å². The van der Waals surface area contributed by atoms with Gasteiger partial charge in [-0.25, -0.2) is 122 Å². The fourth-order valence-corrected chi connectivity index (χ4v) is 0. The third kappa shape index (κ3) is 313. The molecule has 0 aromatic carbocycles. The first kappa shape index (κ1) is 79.1. The Morgan fingerprint density at radius 1 is 0.167 bits per heavy atom. The topological polar surface area (TPSA) is 491 Å². The van der Waals surface area contributed by atoms with Crippen molar-refractivity contribution in [1.29, 1.82) is 64.9 Å². The van der Waals surface area contributed by atoms with Crippen LogP contribution in [0.15, 0.2) is 0 Å². The van der Waals surface area contributed by atoms with Gasteiger partial charge in [0.05, 0.1) is 0 Å². The average molecular weight is 516 g/mol. The summed E-state index contributed by atoms with van der Waals surface area (Å²) in [5, 5.41) is 64.8. The SMILES string of the molecule is N=C=O.N=C=O.N=C=O.N=C=O.N=C=O.N=C=O.N=C=O.N=C=O.N=C=O.N=C=O.N=C=O.N=C=O. The lowest BCUT2D eigenvalue weighted by Crippen LogP contribution is -1.16. The van der Waals surface area contributed by atoms with E-state index in [0.29, 0.717) is 0 Å². The Morgan fingerprint density at radius 2 is 0.167 bits per heavy atom. The molecule has 0 aliphatic carbocycles. The van der Waals surface area contributed by atoms with E-state index in [9.17, 15) is 0 Å². The van der Waals surface area contributed by atoms with Crippen molar-refractivity contribution in [3.63, 3.8) is 0 Å². The monoisotopic (exact) mass is 516 g/mol. The standard InChI is InChI=1S/12CHNO/c12*2-1-3/h12*2H. The van der Waals surface area contributed by atoms with E-state index < -0.39 is 0 Å². The van der Waals surface area contributed by atoms with Gasteiger partial charge in [0.25, 0.3) is 0 Å². The molecule has 0 bridgehead atoms. The first-order chi connectivity index (χ1) is 17.0. The molecule has 0 atom stereocenters. The molecule has 0 aromatic heterocycles. The minimum Gasteiger partial charge on any atom is -0.222 e. The minimum absolute atomic E-state index is 0.750. The van der Waals surface area contributed by atoms with Crippen LogP contribution in [0.1, 0.15) is 0 Å². The van der Waals surface area contributed by atoms with E-state index in [1.807, 2.05) is 0 Å². The third-order valence-electron chi connectivity index (χ3n) is 0. The molecule has 0 aliphatic rings. The van der Waals surface area contributed by atoms with Crippen LogP contribution >= 0.6 is 0 Å². The summed E-state index contributed by atoms with van der Waals surface area (Å²) in [5.41, 5.74) is 0. The molecule has 0 unspecified atom stereocenters. The zero-order valence-electron chi connectivity index (χ0n) is 16.9. The fraction of sp³-hybridized carbons (Fsp3) is 0. The Morgan fingerprint density at radius 3 is 0.167 bits per heavy atom. The summed E-state index contributed by atoms with van der Waals surface area (Å²) in [7, 11) is 0. The van der Waals surface area contributed by atoms with Gasteiger partial charge in [-0.15, -0.1) is 0 Å². The Labute approximate surface area is 196 Å². The van der Waals surface area contributed by atoms with E-state index in [1.165, 1.54) is 0 Å². The second kappa shape index (κ2) is 935. The molecule has 0 saturated heterocycles. The zero-order valence-corrected chi connectivity index (χ0v) is 16.9. The molecule has 0 amide bonds. The Kier molecular flexibility index (Phi) is 2050. The van der Waals surface area contributed by atoms with Gasteiger partial charge < -0.3 is 0 Å². The van der Waals surface area contributed by atoms with E-state index in [-0.39, 0.29) is 0 Å². The molecule has 0 heterocycles. The summed E-state index contributed by atoms with van der Waals surface area (Å²) in [6.07, 6.45) is 9.00. The van der Waals surface area contributed by atoms with Crippen LogP contribution in [0.4, 0.5) is 0 Å². The Bertz CT molecular complexity index is 567. The molecule has 36 heavy (non-hydrogen) atoms. The van der Waals surface area contributed by atoms with Gasteiger partial charge in [-0.1, -0.05) is 0 Å². The van der Waals surface area contributed by atoms with Crippen LogP contribution in [0.2, 0.25) is 0 Å². The maximum absolute atomic E-state index is 8.35. The van der Waals surface area contributed by atoms with Crippen molar-refractivity contribution >= 4 is 73.0 Å². The Hall–Kier alpha value is -7.44. The molecule has 0 spiro atoms. The van der Waals surface area contributed by atoms with Crippen LogP contribution in [0.25, 0.3) is 0 Å². The first-order valence-corrected chi connectivity index (χ1v) is 5.45. The van der Waals surface area contributed by atoms with Crippen molar-refractivity contribution in [2.75, 3.05) is 0 Å². The van der Waals surface area contributed by atoms with E-state index in [1.54, 1.807) is 0 Å². The van der Waals surface area contributed by atoms with Crippen LogP contribution in [0.3, 0.4) is 0 Å². The molecule has 0 aliphatic heterocycles. The van der Waals surface area contributed by atoms with Crippen molar-refractivity contribution < 1.29 is 57.5 Å². The van der Waals surface area contributed by atoms with Crippen molar-refractivity contribution in [1.82, 2.24) is 0 Å². The maximum Gasteiger partial charge on any atom is 0.231 e. The highest BCUT2D eigenvalue weighted by molar-refractivity contribution is 5.28. The van der Waals surface area contributed by atoms with Gasteiger partial charge in [-0.2, -0.15) is 0 Å². The molecule has 12 N–H and O–H groups in total. The van der Waals surface area contributed by atoms with Crippen molar-refractivity contribution in [2.45, 2.75) is 0 Å². The largest absolute Gasteiger partial charge is 0.231 e. The highest BCUT2D eigenvalue weighted by Crippen LogP contribution is 0.900. The number of nitrogens with one attached hydrogen (secondary N) is 12. The molecule has 0 aromatic rings. The molecular weight excluding hydrogens is 504 g/mol. The lowest BCUT2D eigenvalue weighted by Gasteiger charge is -1.02. The normalized spacial score (nSPS) is 2.67. The quantitative estimate of drug-likeness (QED) is 0.133. The molecule has 24 nitrogen and oxygen atoms in total. The van der Waals surface area contributed by atoms with Crippen LogP contribution < -0.4 is 0 Å². The molecule has 24 heteroatoms. The summed E-state index contributed by atoms with van der Waals surface area (Å²) in [4.78, 5) is 100. The summed E-state index contributed by atoms with van der Waals surface area (Å²) < 4.78 is 0. The zero-order chi connectivity index (χ0) is 32.5. The molecule has 192 valence electrons. The second-order valence-electron chi connectivity index (χ2n) is 1.22. The number of hydrogen-bond acceptors (Lipinski definition) is 24. The van der Waals surface area contributed by atoms with Gasteiger partial charge >= 0.3 is 0 Å². The van der Waals surface area contributed by atoms with Gasteiger partial charge in [0, 0.05) is 0 Å². The van der Waals surface area contributed by atoms with E-state index >= 15 is 0 Å². The smallest absolute Gasteiger partial charge is 0.222 e. The van der Waals surface area contributed by atoms with Gasteiger partial charge in [0.15, 0.2) is 0 Å². The molecule has 0 radical (unpaired) electrons. The number of hydrogen-bond donors (Lipinski definition) is 12. The predicted molar refractivity (Wildman–Crippen MR) is 101 cm³/mol. The van der Waals surface area contributed by atoms with E-state index in [4.69, 9.17) is 122 Å². The third-order valence-corrected chi connectivity index (χ3v) is 0.